The average molecular weight is 225 g/mol. The molecule has 90 valence electrons. The molecule has 1 amide bonds. The highest BCUT2D eigenvalue weighted by Gasteiger charge is 2.09. The number of aliphatic hydroxyl groups is 1. The van der Waals surface area contributed by atoms with Gasteiger partial charge in [-0.1, -0.05) is 0 Å². The molecule has 0 aromatic carbocycles. The highest BCUT2D eigenvalue weighted by Crippen LogP contribution is 1.98. The van der Waals surface area contributed by atoms with Gasteiger partial charge in [-0.15, -0.1) is 0 Å². The molecular formula is C11H19N3O2. The standard InChI is InChI=1S/C11H19N3O2/c1-10(15)4-8-13(2)11(16)5-9-14-7-3-6-12-14/h3,6-7,10,15H,4-5,8-9H2,1-2H3. The summed E-state index contributed by atoms with van der Waals surface area (Å²) in [5, 5.41) is 13.1. The first kappa shape index (κ1) is 12.7. The van der Waals surface area contributed by atoms with Gasteiger partial charge in [0, 0.05) is 39.0 Å². The van der Waals surface area contributed by atoms with E-state index >= 15 is 0 Å². The van der Waals surface area contributed by atoms with E-state index in [2.05, 4.69) is 5.10 Å². The van der Waals surface area contributed by atoms with Crippen molar-refractivity contribution < 1.29 is 9.90 Å². The molecule has 1 rings (SSSR count). The Bertz CT molecular complexity index is 309. The van der Waals surface area contributed by atoms with Crippen molar-refractivity contribution in [3.63, 3.8) is 0 Å². The van der Waals surface area contributed by atoms with Crippen LogP contribution in [0.3, 0.4) is 0 Å². The fourth-order valence-electron chi connectivity index (χ4n) is 1.34. The topological polar surface area (TPSA) is 58.4 Å². The van der Waals surface area contributed by atoms with Crippen LogP contribution in [0.25, 0.3) is 0 Å². The van der Waals surface area contributed by atoms with Crippen LogP contribution in [-0.2, 0) is 11.3 Å². The van der Waals surface area contributed by atoms with Crippen molar-refractivity contribution in [1.82, 2.24) is 14.7 Å². The minimum Gasteiger partial charge on any atom is -0.393 e. The van der Waals surface area contributed by atoms with Gasteiger partial charge in [-0.2, -0.15) is 5.10 Å². The van der Waals surface area contributed by atoms with Crippen molar-refractivity contribution in [3.05, 3.63) is 18.5 Å². The third kappa shape index (κ3) is 4.44. The molecule has 16 heavy (non-hydrogen) atoms. The predicted molar refractivity (Wildman–Crippen MR) is 60.8 cm³/mol. The summed E-state index contributed by atoms with van der Waals surface area (Å²) < 4.78 is 1.74. The first-order chi connectivity index (χ1) is 7.59. The molecule has 0 bridgehead atoms. The normalized spacial score (nSPS) is 12.4. The van der Waals surface area contributed by atoms with Gasteiger partial charge >= 0.3 is 0 Å². The van der Waals surface area contributed by atoms with Crippen LogP contribution in [0.4, 0.5) is 0 Å². The van der Waals surface area contributed by atoms with Crippen LogP contribution in [0.5, 0.6) is 0 Å². The van der Waals surface area contributed by atoms with E-state index in [-0.39, 0.29) is 12.0 Å². The lowest BCUT2D eigenvalue weighted by Gasteiger charge is -2.17. The second kappa shape index (κ2) is 6.27. The second-order valence-electron chi connectivity index (χ2n) is 3.97. The molecule has 1 atom stereocenters. The van der Waals surface area contributed by atoms with Gasteiger partial charge in [-0.3, -0.25) is 9.48 Å². The largest absolute Gasteiger partial charge is 0.393 e. The molecule has 0 saturated heterocycles. The Morgan fingerprint density at radius 1 is 1.62 bits per heavy atom. The Balaban J connectivity index is 2.23. The van der Waals surface area contributed by atoms with Gasteiger partial charge in [0.1, 0.15) is 0 Å². The fourth-order valence-corrected chi connectivity index (χ4v) is 1.34. The highest BCUT2D eigenvalue weighted by atomic mass is 16.3. The number of aromatic nitrogens is 2. The molecule has 0 aliphatic rings. The molecule has 5 nitrogen and oxygen atoms in total. The molecular weight excluding hydrogens is 206 g/mol. The van der Waals surface area contributed by atoms with E-state index < -0.39 is 0 Å². The minimum absolute atomic E-state index is 0.0798. The van der Waals surface area contributed by atoms with Crippen molar-refractivity contribution in [2.45, 2.75) is 32.4 Å². The Morgan fingerprint density at radius 3 is 2.94 bits per heavy atom. The number of amides is 1. The van der Waals surface area contributed by atoms with Crippen LogP contribution in [0, 0.1) is 0 Å². The van der Waals surface area contributed by atoms with E-state index in [1.807, 2.05) is 12.3 Å². The Labute approximate surface area is 95.7 Å². The third-order valence-corrected chi connectivity index (χ3v) is 2.42. The fraction of sp³-hybridized carbons (Fsp3) is 0.636. The van der Waals surface area contributed by atoms with Gasteiger partial charge in [-0.05, 0) is 19.4 Å². The quantitative estimate of drug-likeness (QED) is 0.767. The van der Waals surface area contributed by atoms with Crippen LogP contribution in [0.1, 0.15) is 19.8 Å². The zero-order valence-electron chi connectivity index (χ0n) is 9.83. The van der Waals surface area contributed by atoms with E-state index in [0.29, 0.717) is 25.9 Å². The van der Waals surface area contributed by atoms with Gasteiger partial charge in [0.2, 0.25) is 5.91 Å². The van der Waals surface area contributed by atoms with Gasteiger partial charge in [0.05, 0.1) is 6.10 Å². The lowest BCUT2D eigenvalue weighted by molar-refractivity contribution is -0.130. The molecule has 0 aliphatic carbocycles. The highest BCUT2D eigenvalue weighted by molar-refractivity contribution is 5.75. The molecule has 0 spiro atoms. The smallest absolute Gasteiger partial charge is 0.224 e. The summed E-state index contributed by atoms with van der Waals surface area (Å²) >= 11 is 0. The molecule has 1 aromatic rings. The summed E-state index contributed by atoms with van der Waals surface area (Å²) in [6.45, 7) is 2.92. The number of rotatable bonds is 6. The first-order valence-corrected chi connectivity index (χ1v) is 5.49. The van der Waals surface area contributed by atoms with Gasteiger partial charge in [0.15, 0.2) is 0 Å². The van der Waals surface area contributed by atoms with Crippen LogP contribution in [0.2, 0.25) is 0 Å². The van der Waals surface area contributed by atoms with E-state index in [0.717, 1.165) is 0 Å². The summed E-state index contributed by atoms with van der Waals surface area (Å²) in [7, 11) is 1.76. The summed E-state index contributed by atoms with van der Waals surface area (Å²) in [5.74, 6) is 0.0798. The van der Waals surface area contributed by atoms with Gasteiger partial charge < -0.3 is 10.0 Å². The molecule has 0 fully saturated rings. The number of carbonyl (C=O) groups excluding carboxylic acids is 1. The third-order valence-electron chi connectivity index (χ3n) is 2.42. The van der Waals surface area contributed by atoms with Crippen molar-refractivity contribution in [1.29, 1.82) is 0 Å². The van der Waals surface area contributed by atoms with Crippen LogP contribution in [-0.4, -0.2) is 45.4 Å². The summed E-state index contributed by atoms with van der Waals surface area (Å²) in [6, 6.07) is 1.83. The van der Waals surface area contributed by atoms with Crippen molar-refractivity contribution in [3.8, 4) is 0 Å². The zero-order valence-corrected chi connectivity index (χ0v) is 9.83. The lowest BCUT2D eigenvalue weighted by atomic mass is 10.2. The average Bonchev–Trinajstić information content (AvgIpc) is 2.75. The molecule has 0 radical (unpaired) electrons. The van der Waals surface area contributed by atoms with E-state index in [1.54, 1.807) is 29.7 Å². The summed E-state index contributed by atoms with van der Waals surface area (Å²) in [6.07, 6.45) is 4.23. The molecule has 1 N–H and O–H groups in total. The zero-order chi connectivity index (χ0) is 12.0. The Hall–Kier alpha value is -1.36. The molecule has 5 heteroatoms. The Morgan fingerprint density at radius 2 is 2.38 bits per heavy atom. The first-order valence-electron chi connectivity index (χ1n) is 5.49. The lowest BCUT2D eigenvalue weighted by Crippen LogP contribution is -2.30. The maximum absolute atomic E-state index is 11.7. The number of hydrogen-bond acceptors (Lipinski definition) is 3. The molecule has 0 aliphatic heterocycles. The van der Waals surface area contributed by atoms with E-state index in [9.17, 15) is 4.79 Å². The number of nitrogens with zero attached hydrogens (tertiary/aromatic N) is 3. The molecule has 1 aromatic heterocycles. The maximum atomic E-state index is 11.7. The molecule has 0 saturated carbocycles. The minimum atomic E-state index is -0.360. The van der Waals surface area contributed by atoms with Crippen LogP contribution < -0.4 is 0 Å². The molecule has 1 unspecified atom stereocenters. The summed E-state index contributed by atoms with van der Waals surface area (Å²) in [4.78, 5) is 13.3. The van der Waals surface area contributed by atoms with E-state index in [4.69, 9.17) is 5.11 Å². The van der Waals surface area contributed by atoms with Crippen molar-refractivity contribution >= 4 is 5.91 Å². The second-order valence-corrected chi connectivity index (χ2v) is 3.97. The number of aryl methyl sites for hydroxylation is 1. The molecule has 1 heterocycles. The van der Waals surface area contributed by atoms with Gasteiger partial charge in [-0.25, -0.2) is 0 Å². The predicted octanol–water partition coefficient (Wildman–Crippen LogP) is 0.502. The van der Waals surface area contributed by atoms with E-state index in [1.165, 1.54) is 0 Å². The van der Waals surface area contributed by atoms with Crippen molar-refractivity contribution in [2.75, 3.05) is 13.6 Å². The SMILES string of the molecule is CC(O)CCN(C)C(=O)CCn1cccn1. The maximum Gasteiger partial charge on any atom is 0.224 e. The monoisotopic (exact) mass is 225 g/mol. The van der Waals surface area contributed by atoms with Gasteiger partial charge in [0.25, 0.3) is 0 Å². The van der Waals surface area contributed by atoms with Crippen LogP contribution >= 0.6 is 0 Å². The number of carbonyl (C=O) groups is 1. The number of aliphatic hydroxyl groups excluding tert-OH is 1. The van der Waals surface area contributed by atoms with Crippen molar-refractivity contribution in [2.24, 2.45) is 0 Å². The summed E-state index contributed by atoms with van der Waals surface area (Å²) in [5.41, 5.74) is 0. The number of hydrogen-bond donors (Lipinski definition) is 1. The van der Waals surface area contributed by atoms with Crippen LogP contribution in [0.15, 0.2) is 18.5 Å². The Kier molecular flexibility index (Phi) is 4.98.